The number of unbranched alkanes of at least 4 members (excludes halogenated alkanes) is 1. The number of methoxy groups -OCH3 is 1. The molecule has 1 aromatic carbocycles. The minimum Gasteiger partial charge on any atom is -0.496 e. The van der Waals surface area contributed by atoms with Crippen molar-refractivity contribution < 1.29 is 28.5 Å². The van der Waals surface area contributed by atoms with E-state index in [0.717, 1.165) is 12.8 Å². The largest absolute Gasteiger partial charge is 0.496 e. The second-order valence-electron chi connectivity index (χ2n) is 5.10. The van der Waals surface area contributed by atoms with Crippen LogP contribution >= 0.6 is 0 Å². The fourth-order valence-electron chi connectivity index (χ4n) is 2.01. The SMILES string of the molecule is CCCCOc1ccc(C=C(C(=O)OCC)C(=O)OCC)c(OC)c1. The summed E-state index contributed by atoms with van der Waals surface area (Å²) in [6.45, 7) is 6.37. The van der Waals surface area contributed by atoms with Gasteiger partial charge >= 0.3 is 11.9 Å². The molecule has 0 aliphatic carbocycles. The van der Waals surface area contributed by atoms with Crippen molar-refractivity contribution in [3.8, 4) is 11.5 Å². The maximum Gasteiger partial charge on any atom is 0.345 e. The van der Waals surface area contributed by atoms with E-state index in [2.05, 4.69) is 6.92 Å². The van der Waals surface area contributed by atoms with Crippen LogP contribution in [-0.4, -0.2) is 38.9 Å². The third-order valence-corrected chi connectivity index (χ3v) is 3.26. The minimum absolute atomic E-state index is 0.164. The molecule has 0 aromatic heterocycles. The second kappa shape index (κ2) is 11.1. The fraction of sp³-hybridized carbons (Fsp3) is 0.474. The first-order valence-electron chi connectivity index (χ1n) is 8.44. The molecule has 1 aromatic rings. The van der Waals surface area contributed by atoms with E-state index in [1.165, 1.54) is 13.2 Å². The molecule has 0 fully saturated rings. The fourth-order valence-corrected chi connectivity index (χ4v) is 2.01. The van der Waals surface area contributed by atoms with Crippen LogP contribution in [0.1, 0.15) is 39.2 Å². The molecular weight excluding hydrogens is 324 g/mol. The van der Waals surface area contributed by atoms with E-state index in [1.54, 1.807) is 32.0 Å². The van der Waals surface area contributed by atoms with E-state index >= 15 is 0 Å². The average molecular weight is 350 g/mol. The van der Waals surface area contributed by atoms with Gasteiger partial charge in [-0.05, 0) is 38.5 Å². The molecule has 0 amide bonds. The van der Waals surface area contributed by atoms with Crippen LogP contribution in [0.25, 0.3) is 6.08 Å². The maximum absolute atomic E-state index is 12.0. The zero-order valence-corrected chi connectivity index (χ0v) is 15.3. The quantitative estimate of drug-likeness (QED) is 0.212. The van der Waals surface area contributed by atoms with Gasteiger partial charge in [-0.3, -0.25) is 0 Å². The van der Waals surface area contributed by atoms with Crippen molar-refractivity contribution in [3.05, 3.63) is 29.3 Å². The normalized spacial score (nSPS) is 9.92. The summed E-state index contributed by atoms with van der Waals surface area (Å²) in [5.41, 5.74) is 0.378. The lowest BCUT2D eigenvalue weighted by molar-refractivity contribution is -0.146. The predicted octanol–water partition coefficient (Wildman–Crippen LogP) is 3.38. The smallest absolute Gasteiger partial charge is 0.345 e. The molecular formula is C19H26O6. The van der Waals surface area contributed by atoms with Crippen LogP contribution in [0.2, 0.25) is 0 Å². The van der Waals surface area contributed by atoms with Crippen molar-refractivity contribution in [1.82, 2.24) is 0 Å². The van der Waals surface area contributed by atoms with Crippen LogP contribution in [0.4, 0.5) is 0 Å². The minimum atomic E-state index is -0.730. The molecule has 0 N–H and O–H groups in total. The van der Waals surface area contributed by atoms with Gasteiger partial charge in [0.25, 0.3) is 0 Å². The molecule has 0 heterocycles. The first kappa shape index (κ1) is 20.5. The summed E-state index contributed by atoms with van der Waals surface area (Å²) in [5, 5.41) is 0. The third-order valence-electron chi connectivity index (χ3n) is 3.26. The van der Waals surface area contributed by atoms with Crippen molar-refractivity contribution in [2.45, 2.75) is 33.6 Å². The standard InChI is InChI=1S/C19H26O6/c1-5-8-11-25-15-10-9-14(17(13-15)22-4)12-16(18(20)23-6-2)19(21)24-7-3/h9-10,12-13H,5-8,11H2,1-4H3. The number of ether oxygens (including phenoxy) is 4. The molecule has 1 rings (SSSR count). The van der Waals surface area contributed by atoms with Gasteiger partial charge in [-0.25, -0.2) is 9.59 Å². The van der Waals surface area contributed by atoms with Gasteiger partial charge < -0.3 is 18.9 Å². The number of hydrogen-bond acceptors (Lipinski definition) is 6. The first-order chi connectivity index (χ1) is 12.1. The molecule has 6 nitrogen and oxygen atoms in total. The number of carbonyl (C=O) groups is 2. The molecule has 0 unspecified atom stereocenters. The monoisotopic (exact) mass is 350 g/mol. The Morgan fingerprint density at radius 2 is 1.68 bits per heavy atom. The van der Waals surface area contributed by atoms with E-state index in [0.29, 0.717) is 23.7 Å². The lowest BCUT2D eigenvalue weighted by Gasteiger charge is -2.11. The molecule has 0 atom stereocenters. The summed E-state index contributed by atoms with van der Waals surface area (Å²) in [6.07, 6.45) is 3.41. The predicted molar refractivity (Wildman–Crippen MR) is 94.6 cm³/mol. The van der Waals surface area contributed by atoms with Gasteiger partial charge in [-0.2, -0.15) is 0 Å². The first-order valence-corrected chi connectivity index (χ1v) is 8.44. The molecule has 6 heteroatoms. The van der Waals surface area contributed by atoms with Crippen molar-refractivity contribution in [1.29, 1.82) is 0 Å². The lowest BCUT2D eigenvalue weighted by Crippen LogP contribution is -2.18. The average Bonchev–Trinajstić information content (AvgIpc) is 2.60. The highest BCUT2D eigenvalue weighted by atomic mass is 16.6. The van der Waals surface area contributed by atoms with Crippen LogP contribution < -0.4 is 9.47 Å². The molecule has 25 heavy (non-hydrogen) atoms. The topological polar surface area (TPSA) is 71.1 Å². The molecule has 138 valence electrons. The third kappa shape index (κ3) is 6.49. The summed E-state index contributed by atoms with van der Waals surface area (Å²) >= 11 is 0. The Morgan fingerprint density at radius 3 is 2.20 bits per heavy atom. The molecule has 0 saturated heterocycles. The van der Waals surface area contributed by atoms with Gasteiger partial charge in [0.05, 0.1) is 26.9 Å². The van der Waals surface area contributed by atoms with E-state index in [1.807, 2.05) is 0 Å². The highest BCUT2D eigenvalue weighted by Crippen LogP contribution is 2.27. The number of carbonyl (C=O) groups excluding carboxylic acids is 2. The van der Waals surface area contributed by atoms with Crippen LogP contribution in [0.5, 0.6) is 11.5 Å². The van der Waals surface area contributed by atoms with Gasteiger partial charge in [0.15, 0.2) is 0 Å². The van der Waals surface area contributed by atoms with Gasteiger partial charge in [-0.15, -0.1) is 0 Å². The summed E-state index contributed by atoms with van der Waals surface area (Å²) in [5.74, 6) is -0.311. The Hall–Kier alpha value is -2.50. The molecule has 0 spiro atoms. The van der Waals surface area contributed by atoms with Gasteiger partial charge in [-0.1, -0.05) is 13.3 Å². The van der Waals surface area contributed by atoms with Crippen molar-refractivity contribution in [2.75, 3.05) is 26.9 Å². The summed E-state index contributed by atoms with van der Waals surface area (Å²) in [6, 6.07) is 5.20. The lowest BCUT2D eigenvalue weighted by atomic mass is 10.1. The van der Waals surface area contributed by atoms with Crippen molar-refractivity contribution >= 4 is 18.0 Å². The second-order valence-corrected chi connectivity index (χ2v) is 5.10. The van der Waals surface area contributed by atoms with Crippen LogP contribution in [0.3, 0.4) is 0 Å². The number of benzene rings is 1. The van der Waals surface area contributed by atoms with Crippen LogP contribution in [-0.2, 0) is 19.1 Å². The van der Waals surface area contributed by atoms with Gasteiger partial charge in [0.1, 0.15) is 17.1 Å². The van der Waals surface area contributed by atoms with Crippen molar-refractivity contribution in [3.63, 3.8) is 0 Å². The number of esters is 2. The van der Waals surface area contributed by atoms with Crippen LogP contribution in [0.15, 0.2) is 23.8 Å². The molecule has 0 saturated carbocycles. The van der Waals surface area contributed by atoms with E-state index in [9.17, 15) is 9.59 Å². The maximum atomic E-state index is 12.0. The zero-order valence-electron chi connectivity index (χ0n) is 15.3. The van der Waals surface area contributed by atoms with E-state index in [-0.39, 0.29) is 18.8 Å². The van der Waals surface area contributed by atoms with E-state index < -0.39 is 11.9 Å². The van der Waals surface area contributed by atoms with Crippen LogP contribution in [0, 0.1) is 0 Å². The highest BCUT2D eigenvalue weighted by Gasteiger charge is 2.21. The molecule has 0 radical (unpaired) electrons. The summed E-state index contributed by atoms with van der Waals surface area (Å²) in [7, 11) is 1.51. The number of rotatable bonds is 10. The molecule has 0 aliphatic rings. The van der Waals surface area contributed by atoms with Gasteiger partial charge in [0, 0.05) is 11.6 Å². The Balaban J connectivity index is 3.13. The molecule has 0 aliphatic heterocycles. The van der Waals surface area contributed by atoms with Crippen molar-refractivity contribution in [2.24, 2.45) is 0 Å². The summed E-state index contributed by atoms with van der Waals surface area (Å²) in [4.78, 5) is 24.1. The Bertz CT molecular complexity index is 586. The number of hydrogen-bond donors (Lipinski definition) is 0. The van der Waals surface area contributed by atoms with E-state index in [4.69, 9.17) is 18.9 Å². The Kier molecular flexibility index (Phi) is 9.14. The zero-order chi connectivity index (χ0) is 18.7. The Morgan fingerprint density at radius 1 is 1.04 bits per heavy atom. The molecule has 0 bridgehead atoms. The summed E-state index contributed by atoms with van der Waals surface area (Å²) < 4.78 is 20.8. The Labute approximate surface area is 148 Å². The highest BCUT2D eigenvalue weighted by molar-refractivity contribution is 6.17. The van der Waals surface area contributed by atoms with Gasteiger partial charge in [0.2, 0.25) is 0 Å².